The minimum atomic E-state index is 1.17. The molecule has 14 aromatic rings. The number of thiophene rings is 1. The predicted molar refractivity (Wildman–Crippen MR) is 281 cm³/mol. The number of fused-ring (bicyclic) bond motifs is 10. The third-order valence-electron chi connectivity index (χ3n) is 13.7. The molecule has 0 fully saturated rings. The van der Waals surface area contributed by atoms with Crippen LogP contribution in [0.15, 0.2) is 237 Å². The van der Waals surface area contributed by atoms with Crippen LogP contribution >= 0.6 is 11.3 Å². The van der Waals surface area contributed by atoms with Crippen molar-refractivity contribution in [1.29, 1.82) is 0 Å². The van der Waals surface area contributed by atoms with Crippen molar-refractivity contribution in [3.8, 4) is 49.8 Å². The second-order valence-electron chi connectivity index (χ2n) is 17.3. The molecular weight excluding hydrogens is 819 g/mol. The Hall–Kier alpha value is -8.44. The van der Waals surface area contributed by atoms with Gasteiger partial charge in [-0.15, -0.1) is 11.3 Å². The normalized spacial score (nSPS) is 11.9. The topological polar surface area (TPSA) is 14.8 Å². The molecule has 0 N–H and O–H groups in total. The van der Waals surface area contributed by atoms with Crippen molar-refractivity contribution < 1.29 is 0 Å². The summed E-state index contributed by atoms with van der Waals surface area (Å²) in [6, 6.07) is 86.9. The second-order valence-corrected chi connectivity index (χ2v) is 18.3. The average Bonchev–Trinajstić information content (AvgIpc) is 4.15. The molecule has 0 aliphatic rings. The van der Waals surface area contributed by atoms with Crippen LogP contribution in [0, 0.1) is 0 Å². The van der Waals surface area contributed by atoms with Crippen LogP contribution in [0.25, 0.3) is 125 Å². The van der Waals surface area contributed by atoms with Gasteiger partial charge in [-0.1, -0.05) is 140 Å². The van der Waals surface area contributed by atoms with Crippen LogP contribution in [0.2, 0.25) is 0 Å². The maximum Gasteiger partial charge on any atom is 0.0541 e. The van der Waals surface area contributed by atoms with Gasteiger partial charge in [0, 0.05) is 64.3 Å². The lowest BCUT2D eigenvalue weighted by Crippen LogP contribution is -1.93. The first-order valence-electron chi connectivity index (χ1n) is 22.6. The summed E-state index contributed by atoms with van der Waals surface area (Å²) < 4.78 is 8.47. The maximum absolute atomic E-state index is 2.45. The number of para-hydroxylation sites is 6. The van der Waals surface area contributed by atoms with E-state index >= 15 is 0 Å². The Labute approximate surface area is 384 Å². The molecule has 10 aromatic carbocycles. The van der Waals surface area contributed by atoms with Gasteiger partial charge in [-0.05, 0) is 125 Å². The van der Waals surface area contributed by atoms with Crippen molar-refractivity contribution in [3.63, 3.8) is 0 Å². The Morgan fingerprint density at radius 1 is 0.242 bits per heavy atom. The Morgan fingerprint density at radius 3 is 1.05 bits per heavy atom. The van der Waals surface area contributed by atoms with E-state index in [9.17, 15) is 0 Å². The quantitative estimate of drug-likeness (QED) is 0.158. The SMILES string of the molecule is c1ccc(-n2c3ccccc3c3cc(-c4cc5c(-c6ccc7c(c6)c6ccccc6n7-c6ccccc6)ccc(-c6ccc7c(c6)c6ccccc6n7-c6ccccc6)c5s4)ccc32)cc1. The van der Waals surface area contributed by atoms with Gasteiger partial charge >= 0.3 is 0 Å². The highest BCUT2D eigenvalue weighted by Crippen LogP contribution is 2.47. The fourth-order valence-corrected chi connectivity index (χ4v) is 11.9. The molecule has 0 atom stereocenters. The number of rotatable bonds is 6. The molecule has 0 aliphatic carbocycles. The monoisotopic (exact) mass is 857 g/mol. The number of hydrogen-bond donors (Lipinski definition) is 0. The fraction of sp³-hybridized carbons (Fsp3) is 0. The van der Waals surface area contributed by atoms with E-state index in [4.69, 9.17) is 0 Å². The third kappa shape index (κ3) is 5.55. The molecular formula is C62H39N3S. The molecule has 308 valence electrons. The minimum Gasteiger partial charge on any atom is -0.309 e. The van der Waals surface area contributed by atoms with Crippen LogP contribution in [-0.2, 0) is 0 Å². The highest BCUT2D eigenvalue weighted by Gasteiger charge is 2.20. The fourth-order valence-electron chi connectivity index (χ4n) is 10.7. The summed E-state index contributed by atoms with van der Waals surface area (Å²) in [6.07, 6.45) is 0. The van der Waals surface area contributed by atoms with Crippen molar-refractivity contribution in [1.82, 2.24) is 13.7 Å². The van der Waals surface area contributed by atoms with E-state index in [1.165, 1.54) is 125 Å². The van der Waals surface area contributed by atoms with E-state index in [-0.39, 0.29) is 0 Å². The molecule has 3 nitrogen and oxygen atoms in total. The van der Waals surface area contributed by atoms with E-state index in [2.05, 4.69) is 250 Å². The molecule has 0 spiro atoms. The van der Waals surface area contributed by atoms with Crippen LogP contribution in [0.5, 0.6) is 0 Å². The minimum absolute atomic E-state index is 1.17. The van der Waals surface area contributed by atoms with Crippen LogP contribution < -0.4 is 0 Å². The first kappa shape index (κ1) is 37.0. The van der Waals surface area contributed by atoms with Crippen LogP contribution in [0.3, 0.4) is 0 Å². The number of nitrogens with zero attached hydrogens (tertiary/aromatic N) is 3. The number of aromatic nitrogens is 3. The summed E-state index contributed by atoms with van der Waals surface area (Å²) in [7, 11) is 0. The van der Waals surface area contributed by atoms with Gasteiger partial charge in [0.2, 0.25) is 0 Å². The average molecular weight is 858 g/mol. The Morgan fingerprint density at radius 2 is 0.591 bits per heavy atom. The van der Waals surface area contributed by atoms with Gasteiger partial charge in [0.25, 0.3) is 0 Å². The first-order chi connectivity index (χ1) is 32.7. The number of benzene rings is 10. The summed E-state index contributed by atoms with van der Waals surface area (Å²) in [4.78, 5) is 1.25. The van der Waals surface area contributed by atoms with Crippen molar-refractivity contribution in [2.24, 2.45) is 0 Å². The summed E-state index contributed by atoms with van der Waals surface area (Å²) in [5, 5.41) is 8.78. The lowest BCUT2D eigenvalue weighted by atomic mass is 9.94. The lowest BCUT2D eigenvalue weighted by Gasteiger charge is -2.11. The van der Waals surface area contributed by atoms with Gasteiger partial charge < -0.3 is 13.7 Å². The van der Waals surface area contributed by atoms with E-state index in [0.29, 0.717) is 0 Å². The van der Waals surface area contributed by atoms with Gasteiger partial charge in [-0.3, -0.25) is 0 Å². The summed E-state index contributed by atoms with van der Waals surface area (Å²) in [5.41, 5.74) is 16.9. The van der Waals surface area contributed by atoms with Crippen molar-refractivity contribution >= 4 is 86.8 Å². The molecule has 4 heterocycles. The highest BCUT2D eigenvalue weighted by molar-refractivity contribution is 7.23. The Kier molecular flexibility index (Phi) is 8.15. The van der Waals surface area contributed by atoms with Gasteiger partial charge in [0.15, 0.2) is 0 Å². The van der Waals surface area contributed by atoms with Crippen molar-refractivity contribution in [2.75, 3.05) is 0 Å². The standard InChI is InChI=1S/C62H39N3S/c1-4-16-43(17-5-1)63-55-25-13-10-22-48(55)51-36-40(28-33-58(51)63)46-31-32-47(41-29-34-59-52(37-41)49-23-11-14-26-56(49)64(59)44-18-6-2-7-19-44)62-54(46)39-61(66-62)42-30-35-60-53(38-42)50-24-12-15-27-57(50)65(60)45-20-8-3-9-21-45/h1-39H. The van der Waals surface area contributed by atoms with Gasteiger partial charge in [-0.25, -0.2) is 0 Å². The smallest absolute Gasteiger partial charge is 0.0541 e. The molecule has 0 saturated heterocycles. The van der Waals surface area contributed by atoms with Gasteiger partial charge in [0.1, 0.15) is 0 Å². The Bertz CT molecular complexity index is 4010. The van der Waals surface area contributed by atoms with Gasteiger partial charge in [0.05, 0.1) is 33.1 Å². The molecule has 0 bridgehead atoms. The van der Waals surface area contributed by atoms with Crippen LogP contribution in [0.4, 0.5) is 0 Å². The van der Waals surface area contributed by atoms with Crippen molar-refractivity contribution in [2.45, 2.75) is 0 Å². The summed E-state index contributed by atoms with van der Waals surface area (Å²) in [6.45, 7) is 0. The Balaban J connectivity index is 0.997. The largest absolute Gasteiger partial charge is 0.309 e. The van der Waals surface area contributed by atoms with Gasteiger partial charge in [-0.2, -0.15) is 0 Å². The zero-order chi connectivity index (χ0) is 43.3. The molecule has 0 radical (unpaired) electrons. The molecule has 4 heteroatoms. The van der Waals surface area contributed by atoms with Crippen molar-refractivity contribution in [3.05, 3.63) is 237 Å². The van der Waals surface area contributed by atoms with E-state index in [1.54, 1.807) is 0 Å². The zero-order valence-electron chi connectivity index (χ0n) is 35.8. The molecule has 0 amide bonds. The molecule has 0 unspecified atom stereocenters. The van der Waals surface area contributed by atoms with Crippen LogP contribution in [-0.4, -0.2) is 13.7 Å². The highest BCUT2D eigenvalue weighted by atomic mass is 32.1. The third-order valence-corrected chi connectivity index (χ3v) is 14.9. The lowest BCUT2D eigenvalue weighted by molar-refractivity contribution is 1.18. The molecule has 14 rings (SSSR count). The second kappa shape index (κ2) is 14.5. The molecule has 0 aliphatic heterocycles. The summed E-state index contributed by atoms with van der Waals surface area (Å²) in [5.74, 6) is 0. The van der Waals surface area contributed by atoms with E-state index < -0.39 is 0 Å². The first-order valence-corrected chi connectivity index (χ1v) is 23.4. The molecule has 66 heavy (non-hydrogen) atoms. The molecule has 4 aromatic heterocycles. The number of hydrogen-bond acceptors (Lipinski definition) is 1. The maximum atomic E-state index is 2.45. The van der Waals surface area contributed by atoms with E-state index in [1.807, 2.05) is 11.3 Å². The summed E-state index contributed by atoms with van der Waals surface area (Å²) >= 11 is 1.90. The molecule has 0 saturated carbocycles. The predicted octanol–water partition coefficient (Wildman–Crippen LogP) is 17.2. The van der Waals surface area contributed by atoms with Crippen LogP contribution in [0.1, 0.15) is 0 Å². The van der Waals surface area contributed by atoms with E-state index in [0.717, 1.165) is 0 Å². The zero-order valence-corrected chi connectivity index (χ0v) is 36.6.